The van der Waals surface area contributed by atoms with Gasteiger partial charge in [-0.25, -0.2) is 4.68 Å². The maximum absolute atomic E-state index is 12.8. The summed E-state index contributed by atoms with van der Waals surface area (Å²) < 4.78 is 39.4. The first-order valence-electron chi connectivity index (χ1n) is 7.49. The lowest BCUT2D eigenvalue weighted by atomic mass is 10.2. The number of alkyl halides is 3. The SMILES string of the molecule is Cl.NCC(NC(=O)c1cn(-c2cccc(C(F)(F)F)c2)nn1)C1CC1. The fraction of sp³-hybridized carbons (Fsp3) is 0.400. The van der Waals surface area contributed by atoms with Crippen LogP contribution in [0.3, 0.4) is 0 Å². The summed E-state index contributed by atoms with van der Waals surface area (Å²) >= 11 is 0. The van der Waals surface area contributed by atoms with Crippen LogP contribution in [0.25, 0.3) is 5.69 Å². The maximum Gasteiger partial charge on any atom is 0.416 e. The smallest absolute Gasteiger partial charge is 0.346 e. The van der Waals surface area contributed by atoms with Gasteiger partial charge in [-0.15, -0.1) is 17.5 Å². The largest absolute Gasteiger partial charge is 0.416 e. The van der Waals surface area contributed by atoms with Crippen LogP contribution in [0.2, 0.25) is 0 Å². The average molecular weight is 376 g/mol. The molecule has 0 bridgehead atoms. The third-order valence-electron chi connectivity index (χ3n) is 3.93. The van der Waals surface area contributed by atoms with Crippen LogP contribution in [-0.2, 0) is 6.18 Å². The number of carbonyl (C=O) groups excluding carboxylic acids is 1. The molecule has 1 unspecified atom stereocenters. The van der Waals surface area contributed by atoms with Crippen LogP contribution in [0.5, 0.6) is 0 Å². The highest BCUT2D eigenvalue weighted by molar-refractivity contribution is 5.92. The number of nitrogens with two attached hydrogens (primary N) is 1. The van der Waals surface area contributed by atoms with Crippen LogP contribution >= 0.6 is 12.4 Å². The third-order valence-corrected chi connectivity index (χ3v) is 3.93. The number of halogens is 4. The van der Waals surface area contributed by atoms with E-state index in [0.717, 1.165) is 29.7 Å². The summed E-state index contributed by atoms with van der Waals surface area (Å²) in [6, 6.07) is 4.53. The van der Waals surface area contributed by atoms with Crippen molar-refractivity contribution in [2.45, 2.75) is 25.1 Å². The van der Waals surface area contributed by atoms with Gasteiger partial charge in [0.15, 0.2) is 5.69 Å². The molecule has 1 aliphatic carbocycles. The predicted molar refractivity (Wildman–Crippen MR) is 86.6 cm³/mol. The lowest BCUT2D eigenvalue weighted by molar-refractivity contribution is -0.137. The first-order chi connectivity index (χ1) is 11.4. The van der Waals surface area contributed by atoms with Crippen molar-refractivity contribution < 1.29 is 18.0 Å². The Hall–Kier alpha value is -2.13. The van der Waals surface area contributed by atoms with Crippen LogP contribution in [0, 0.1) is 5.92 Å². The molecule has 1 atom stereocenters. The zero-order chi connectivity index (χ0) is 17.3. The Kier molecular flexibility index (Phi) is 5.69. The van der Waals surface area contributed by atoms with Crippen molar-refractivity contribution in [3.63, 3.8) is 0 Å². The predicted octanol–water partition coefficient (Wildman–Crippen LogP) is 2.17. The number of rotatable bonds is 5. The van der Waals surface area contributed by atoms with Gasteiger partial charge in [0.2, 0.25) is 0 Å². The van der Waals surface area contributed by atoms with Gasteiger partial charge in [-0.3, -0.25) is 4.79 Å². The lowest BCUT2D eigenvalue weighted by Gasteiger charge is -2.14. The third kappa shape index (κ3) is 4.49. The van der Waals surface area contributed by atoms with Crippen molar-refractivity contribution in [1.29, 1.82) is 0 Å². The minimum atomic E-state index is -4.45. The number of nitrogens with one attached hydrogen (secondary N) is 1. The van der Waals surface area contributed by atoms with Gasteiger partial charge in [-0.05, 0) is 37.0 Å². The summed E-state index contributed by atoms with van der Waals surface area (Å²) in [7, 11) is 0. The summed E-state index contributed by atoms with van der Waals surface area (Å²) in [6.45, 7) is 0.332. The summed E-state index contributed by atoms with van der Waals surface area (Å²) in [5.74, 6) is -0.0481. The van der Waals surface area contributed by atoms with Gasteiger partial charge >= 0.3 is 6.18 Å². The number of hydrogen-bond donors (Lipinski definition) is 2. The summed E-state index contributed by atoms with van der Waals surface area (Å²) in [5, 5.41) is 10.2. The van der Waals surface area contributed by atoms with Gasteiger partial charge in [0.1, 0.15) is 0 Å². The molecule has 1 saturated carbocycles. The van der Waals surface area contributed by atoms with E-state index < -0.39 is 17.6 Å². The van der Waals surface area contributed by atoms with Crippen LogP contribution < -0.4 is 11.1 Å². The lowest BCUT2D eigenvalue weighted by Crippen LogP contribution is -2.41. The number of nitrogens with zero attached hydrogens (tertiary/aromatic N) is 3. The van der Waals surface area contributed by atoms with Crippen molar-refractivity contribution in [3.8, 4) is 5.69 Å². The number of carbonyl (C=O) groups is 1. The van der Waals surface area contributed by atoms with Gasteiger partial charge < -0.3 is 11.1 Å². The Bertz CT molecular complexity index is 745. The van der Waals surface area contributed by atoms with Gasteiger partial charge in [0.05, 0.1) is 17.4 Å². The van der Waals surface area contributed by atoms with Crippen molar-refractivity contribution in [1.82, 2.24) is 20.3 Å². The topological polar surface area (TPSA) is 85.8 Å². The molecule has 1 heterocycles. The van der Waals surface area contributed by atoms with E-state index in [2.05, 4.69) is 15.6 Å². The highest BCUT2D eigenvalue weighted by atomic mass is 35.5. The van der Waals surface area contributed by atoms with Crippen LogP contribution in [0.1, 0.15) is 28.9 Å². The molecule has 2 aromatic rings. The fourth-order valence-corrected chi connectivity index (χ4v) is 2.43. The molecule has 25 heavy (non-hydrogen) atoms. The number of aromatic nitrogens is 3. The highest BCUT2D eigenvalue weighted by Crippen LogP contribution is 2.32. The van der Waals surface area contributed by atoms with E-state index in [1.807, 2.05) is 0 Å². The molecule has 6 nitrogen and oxygen atoms in total. The van der Waals surface area contributed by atoms with Gasteiger partial charge in [0.25, 0.3) is 5.91 Å². The summed E-state index contributed by atoms with van der Waals surface area (Å²) in [6.07, 6.45) is -1.10. The molecule has 136 valence electrons. The Morgan fingerprint density at radius 1 is 1.40 bits per heavy atom. The Balaban J connectivity index is 0.00000225. The molecule has 0 radical (unpaired) electrons. The first-order valence-corrected chi connectivity index (χ1v) is 7.49. The van der Waals surface area contributed by atoms with E-state index in [4.69, 9.17) is 5.73 Å². The molecule has 1 amide bonds. The van der Waals surface area contributed by atoms with Crippen molar-refractivity contribution in [3.05, 3.63) is 41.7 Å². The molecule has 0 spiro atoms. The molecule has 0 saturated heterocycles. The van der Waals surface area contributed by atoms with Crippen LogP contribution in [0.15, 0.2) is 30.5 Å². The zero-order valence-electron chi connectivity index (χ0n) is 13.0. The molecular formula is C15H17ClF3N5O. The van der Waals surface area contributed by atoms with Crippen molar-refractivity contribution in [2.24, 2.45) is 11.7 Å². The standard InChI is InChI=1S/C15H16F3N5O.ClH/c16-15(17,18)10-2-1-3-11(6-10)23-8-13(21-22-23)14(24)20-12(7-19)9-4-5-9;/h1-3,6,8-9,12H,4-5,7,19H2,(H,20,24);1H. The van der Waals surface area contributed by atoms with Crippen molar-refractivity contribution in [2.75, 3.05) is 6.54 Å². The van der Waals surface area contributed by atoms with Crippen LogP contribution in [-0.4, -0.2) is 33.5 Å². The normalized spacial score (nSPS) is 15.4. The number of hydrogen-bond acceptors (Lipinski definition) is 4. The first kappa shape index (κ1) is 19.2. The Labute approximate surface area is 148 Å². The van der Waals surface area contributed by atoms with E-state index in [9.17, 15) is 18.0 Å². The summed E-state index contributed by atoms with van der Waals surface area (Å²) in [5.41, 5.74) is 5.05. The molecule has 3 N–H and O–H groups in total. The highest BCUT2D eigenvalue weighted by Gasteiger charge is 2.32. The maximum atomic E-state index is 12.8. The molecule has 1 aliphatic rings. The minimum absolute atomic E-state index is 0. The monoisotopic (exact) mass is 375 g/mol. The van der Waals surface area contributed by atoms with Crippen LogP contribution in [0.4, 0.5) is 13.2 Å². The van der Waals surface area contributed by atoms with E-state index in [-0.39, 0.29) is 29.8 Å². The molecular weight excluding hydrogens is 359 g/mol. The van der Waals surface area contributed by atoms with Gasteiger partial charge in [0, 0.05) is 12.6 Å². The van der Waals surface area contributed by atoms with E-state index >= 15 is 0 Å². The van der Waals surface area contributed by atoms with E-state index in [0.29, 0.717) is 12.5 Å². The van der Waals surface area contributed by atoms with Gasteiger partial charge in [-0.2, -0.15) is 13.2 Å². The fourth-order valence-electron chi connectivity index (χ4n) is 2.43. The summed E-state index contributed by atoms with van der Waals surface area (Å²) in [4.78, 5) is 12.2. The van der Waals surface area contributed by atoms with Crippen molar-refractivity contribution >= 4 is 18.3 Å². The molecule has 3 rings (SSSR count). The Morgan fingerprint density at radius 3 is 2.72 bits per heavy atom. The molecule has 0 aliphatic heterocycles. The van der Waals surface area contributed by atoms with E-state index in [1.165, 1.54) is 18.3 Å². The minimum Gasteiger partial charge on any atom is -0.346 e. The number of amides is 1. The second-order valence-electron chi connectivity index (χ2n) is 5.75. The second kappa shape index (κ2) is 7.40. The molecule has 1 fully saturated rings. The second-order valence-corrected chi connectivity index (χ2v) is 5.75. The number of benzene rings is 1. The molecule has 1 aromatic carbocycles. The average Bonchev–Trinajstić information content (AvgIpc) is 3.27. The van der Waals surface area contributed by atoms with Gasteiger partial charge in [-0.1, -0.05) is 11.3 Å². The molecule has 10 heteroatoms. The van der Waals surface area contributed by atoms with E-state index in [1.54, 1.807) is 0 Å². The zero-order valence-corrected chi connectivity index (χ0v) is 13.8. The quantitative estimate of drug-likeness (QED) is 0.838. The molecule has 1 aromatic heterocycles. The Morgan fingerprint density at radius 2 is 2.12 bits per heavy atom.